The number of para-hydroxylation sites is 1. The molecule has 1 fully saturated rings. The quantitative estimate of drug-likeness (QED) is 0.0723. The van der Waals surface area contributed by atoms with E-state index in [1.807, 2.05) is 24.3 Å². The Labute approximate surface area is 413 Å². The molecule has 3 unspecified atom stereocenters. The van der Waals surface area contributed by atoms with Gasteiger partial charge in [-0.2, -0.15) is 0 Å². The fraction of sp³-hybridized carbons (Fsp3) is 0.417. The number of carboxylic acid groups (broad SMARTS) is 1. The lowest BCUT2D eigenvalue weighted by Crippen LogP contribution is -2.61. The van der Waals surface area contributed by atoms with Crippen LogP contribution in [-0.2, 0) is 57.6 Å². The van der Waals surface area contributed by atoms with Gasteiger partial charge in [-0.15, -0.1) is 0 Å². The fourth-order valence-electron chi connectivity index (χ4n) is 7.49. The molecule has 0 bridgehead atoms. The lowest BCUT2D eigenvalue weighted by molar-refractivity contribution is -0.143. The molecule has 14 N–H and O–H groups in total. The summed E-state index contributed by atoms with van der Waals surface area (Å²) in [5.74, 6) is -7.75. The number of aromatic amines is 1. The van der Waals surface area contributed by atoms with Gasteiger partial charge in [0.1, 0.15) is 48.0 Å². The molecule has 0 spiro atoms. The van der Waals surface area contributed by atoms with Gasteiger partial charge in [-0.05, 0) is 67.1 Å². The number of aromatic nitrogens is 1. The van der Waals surface area contributed by atoms with Crippen LogP contribution in [-0.4, -0.2) is 129 Å². The number of benzene rings is 3. The Balaban J connectivity index is 1.60. The third-order valence-electron chi connectivity index (χ3n) is 11.4. The minimum Gasteiger partial charge on any atom is -0.508 e. The smallest absolute Gasteiger partial charge is 0.326 e. The van der Waals surface area contributed by atoms with Crippen LogP contribution in [0.4, 0.5) is 0 Å². The highest BCUT2D eigenvalue weighted by Crippen LogP contribution is 2.25. The minimum atomic E-state index is -1.42. The molecule has 1 aromatic heterocycles. The number of carbonyl (C=O) groups is 8. The van der Waals surface area contributed by atoms with E-state index in [0.29, 0.717) is 16.7 Å². The summed E-state index contributed by atoms with van der Waals surface area (Å²) in [7, 11) is 2.06. The van der Waals surface area contributed by atoms with Gasteiger partial charge in [0.25, 0.3) is 0 Å². The molecular weight excluding hydrogens is 941 g/mol. The summed E-state index contributed by atoms with van der Waals surface area (Å²) in [6, 6.07) is 11.6. The number of fused-ring (bicyclic) bond motifs is 1. The van der Waals surface area contributed by atoms with Crippen LogP contribution in [0.2, 0.25) is 0 Å². The molecule has 376 valence electrons. The van der Waals surface area contributed by atoms with Gasteiger partial charge >= 0.3 is 5.97 Å². The first-order valence-corrected chi connectivity index (χ1v) is 25.3. The van der Waals surface area contributed by atoms with E-state index in [-0.39, 0.29) is 55.9 Å². The van der Waals surface area contributed by atoms with E-state index < -0.39 is 102 Å². The van der Waals surface area contributed by atoms with Crippen molar-refractivity contribution in [3.05, 3.63) is 102 Å². The van der Waals surface area contributed by atoms with Crippen molar-refractivity contribution in [3.8, 4) is 5.75 Å². The number of H-pyrrole nitrogens is 1. The van der Waals surface area contributed by atoms with Gasteiger partial charge < -0.3 is 63.9 Å². The van der Waals surface area contributed by atoms with Crippen molar-refractivity contribution in [2.24, 2.45) is 17.4 Å². The van der Waals surface area contributed by atoms with Crippen molar-refractivity contribution in [3.63, 3.8) is 0 Å². The SMILES string of the molecule is CC(C)[C@H](NC(=O)[C@@H]1CSSCC(NC(=O)[C@H](C)N)C(=O)N[C@@H](Cc2ccccc2)C(=O)NC(Cc2c[nH]c3ccccc23)C(=O)NC(CCCN)C(=O)N[C@@H](Cc2ccc(O)cc2)C(=O)N1)C(=O)O. The fourth-order valence-corrected chi connectivity index (χ4v) is 9.81. The predicted octanol–water partition coefficient (Wildman–Crippen LogP) is 0.517. The number of carbonyl (C=O) groups excluding carboxylic acids is 7. The summed E-state index contributed by atoms with van der Waals surface area (Å²) in [6.07, 6.45) is 1.68. The van der Waals surface area contributed by atoms with E-state index in [0.717, 1.165) is 32.5 Å². The van der Waals surface area contributed by atoms with Crippen molar-refractivity contribution < 1.29 is 48.6 Å². The first kappa shape index (κ1) is 54.3. The Morgan fingerprint density at radius 3 is 1.86 bits per heavy atom. The van der Waals surface area contributed by atoms with E-state index in [1.165, 1.54) is 31.2 Å². The second-order valence-corrected chi connectivity index (χ2v) is 19.9. The van der Waals surface area contributed by atoms with Crippen LogP contribution in [0.5, 0.6) is 5.75 Å². The molecule has 4 aromatic rings. The number of hydrogen-bond donors (Lipinski definition) is 12. The molecule has 20 nitrogen and oxygen atoms in total. The molecule has 22 heteroatoms. The zero-order valence-corrected chi connectivity index (χ0v) is 40.7. The molecule has 8 atom stereocenters. The summed E-state index contributed by atoms with van der Waals surface area (Å²) in [4.78, 5) is 115. The largest absolute Gasteiger partial charge is 0.508 e. The molecule has 7 amide bonds. The number of aliphatic carboxylic acids is 1. The summed E-state index contributed by atoms with van der Waals surface area (Å²) in [5.41, 5.74) is 14.4. The van der Waals surface area contributed by atoms with Crippen LogP contribution < -0.4 is 48.7 Å². The maximum Gasteiger partial charge on any atom is 0.326 e. The van der Waals surface area contributed by atoms with E-state index in [9.17, 15) is 48.6 Å². The molecule has 0 aliphatic carbocycles. The molecular formula is C48H62N10O10S2. The monoisotopic (exact) mass is 1000 g/mol. The van der Waals surface area contributed by atoms with Crippen molar-refractivity contribution in [2.45, 2.75) is 101 Å². The normalized spacial score (nSPS) is 22.1. The van der Waals surface area contributed by atoms with E-state index in [2.05, 4.69) is 42.2 Å². The Bertz CT molecular complexity index is 2460. The van der Waals surface area contributed by atoms with Crippen LogP contribution in [0.15, 0.2) is 85.1 Å². The molecule has 70 heavy (non-hydrogen) atoms. The van der Waals surface area contributed by atoms with Gasteiger partial charge in [0, 0.05) is 47.9 Å². The number of phenolic OH excluding ortho intramolecular Hbond substituents is 1. The topological polar surface area (TPSA) is 329 Å². The van der Waals surface area contributed by atoms with E-state index in [4.69, 9.17) is 11.5 Å². The molecule has 1 saturated heterocycles. The third-order valence-corrected chi connectivity index (χ3v) is 13.9. The zero-order chi connectivity index (χ0) is 50.9. The number of rotatable bonds is 15. The molecule has 5 rings (SSSR count). The second kappa shape index (κ2) is 26.4. The van der Waals surface area contributed by atoms with Gasteiger partial charge in [0.2, 0.25) is 41.4 Å². The average Bonchev–Trinajstić information content (AvgIpc) is 3.74. The summed E-state index contributed by atoms with van der Waals surface area (Å²) < 4.78 is 0. The average molecular weight is 1000 g/mol. The lowest BCUT2D eigenvalue weighted by atomic mass is 10.0. The maximum atomic E-state index is 14.7. The van der Waals surface area contributed by atoms with Crippen LogP contribution in [0.25, 0.3) is 10.9 Å². The number of carboxylic acids is 1. The summed E-state index contributed by atoms with van der Waals surface area (Å²) in [6.45, 7) is 4.75. The molecule has 2 heterocycles. The first-order chi connectivity index (χ1) is 33.4. The molecule has 3 aromatic carbocycles. The zero-order valence-electron chi connectivity index (χ0n) is 39.1. The highest BCUT2D eigenvalue weighted by atomic mass is 33.1. The van der Waals surface area contributed by atoms with Crippen LogP contribution >= 0.6 is 21.6 Å². The molecule has 1 aliphatic rings. The van der Waals surface area contributed by atoms with Crippen molar-refractivity contribution >= 4 is 79.8 Å². The van der Waals surface area contributed by atoms with Crippen LogP contribution in [0.1, 0.15) is 50.3 Å². The van der Waals surface area contributed by atoms with Gasteiger partial charge in [-0.25, -0.2) is 4.79 Å². The van der Waals surface area contributed by atoms with Gasteiger partial charge in [0.15, 0.2) is 0 Å². The Morgan fingerprint density at radius 1 is 0.700 bits per heavy atom. The number of nitrogens with two attached hydrogens (primary N) is 2. The second-order valence-electron chi connectivity index (χ2n) is 17.3. The van der Waals surface area contributed by atoms with Crippen molar-refractivity contribution in [1.82, 2.24) is 42.2 Å². The third kappa shape index (κ3) is 16.0. The minimum absolute atomic E-state index is 0.00125. The lowest BCUT2D eigenvalue weighted by Gasteiger charge is -2.29. The number of nitrogens with one attached hydrogen (secondary N) is 8. The summed E-state index contributed by atoms with van der Waals surface area (Å²) >= 11 is 0. The first-order valence-electron chi connectivity index (χ1n) is 22.9. The molecule has 0 radical (unpaired) electrons. The van der Waals surface area contributed by atoms with Gasteiger partial charge in [-0.1, -0.05) is 96.1 Å². The van der Waals surface area contributed by atoms with Crippen LogP contribution in [0.3, 0.4) is 0 Å². The maximum absolute atomic E-state index is 14.7. The van der Waals surface area contributed by atoms with Crippen molar-refractivity contribution in [1.29, 1.82) is 0 Å². The number of phenols is 1. The van der Waals surface area contributed by atoms with E-state index in [1.54, 1.807) is 50.4 Å². The summed E-state index contributed by atoms with van der Waals surface area (Å²) in [5, 5.41) is 39.6. The predicted molar refractivity (Wildman–Crippen MR) is 267 cm³/mol. The Hall–Kier alpha value is -6.62. The highest BCUT2D eigenvalue weighted by Gasteiger charge is 2.36. The van der Waals surface area contributed by atoms with Crippen LogP contribution in [0, 0.1) is 5.92 Å². The standard InChI is InChI=1S/C48H62N10O10S2/c1-26(2)40(48(67)68)58-47(66)39-25-70-69-24-38(56-41(60)27(3)50)46(65)54-35(20-28-10-5-4-6-11-28)43(62)55-37(22-30-23-51-33-13-8-7-12-32(30)33)45(64)52-34(14-9-19-49)42(61)53-36(44(63)57-39)21-29-15-17-31(59)18-16-29/h4-8,10-13,15-18,23,26-27,34-40,51,59H,9,14,19-22,24-25,49-50H2,1-3H3,(H,52,64)(H,53,61)(H,54,65)(H,55,62)(H,56,60)(H,57,63)(H,58,66)(H,67,68)/t27-,34?,35-,36-,37?,38?,39-,40-/m0/s1. The number of aromatic hydroxyl groups is 1. The number of amides is 7. The highest BCUT2D eigenvalue weighted by molar-refractivity contribution is 8.76. The van der Waals surface area contributed by atoms with Gasteiger partial charge in [-0.3, -0.25) is 33.6 Å². The molecule has 1 aliphatic heterocycles. The molecule has 0 saturated carbocycles. The van der Waals surface area contributed by atoms with Crippen molar-refractivity contribution in [2.75, 3.05) is 18.1 Å². The Kier molecular flexibility index (Phi) is 20.5. The van der Waals surface area contributed by atoms with Gasteiger partial charge in [0.05, 0.1) is 6.04 Å². The Morgan fingerprint density at radius 2 is 1.24 bits per heavy atom. The van der Waals surface area contributed by atoms with E-state index >= 15 is 0 Å². The number of hydrogen-bond acceptors (Lipinski definition) is 13.